The van der Waals surface area contributed by atoms with Crippen LogP contribution in [0.25, 0.3) is 0 Å². The van der Waals surface area contributed by atoms with Gasteiger partial charge in [0.05, 0.1) is 11.3 Å². The third-order valence-corrected chi connectivity index (χ3v) is 3.56. The van der Waals surface area contributed by atoms with Gasteiger partial charge in [0.2, 0.25) is 5.91 Å². The fraction of sp³-hybridized carbons (Fsp3) is 0.467. The van der Waals surface area contributed by atoms with Crippen LogP contribution in [0.15, 0.2) is 17.2 Å². The van der Waals surface area contributed by atoms with Gasteiger partial charge in [0.15, 0.2) is 0 Å². The van der Waals surface area contributed by atoms with Crippen LogP contribution in [0.4, 0.5) is 0 Å². The van der Waals surface area contributed by atoms with Crippen molar-refractivity contribution in [2.24, 2.45) is 11.0 Å². The quantitative estimate of drug-likeness (QED) is 0.789. The van der Waals surface area contributed by atoms with Crippen LogP contribution in [-0.4, -0.2) is 34.0 Å². The van der Waals surface area contributed by atoms with Crippen LogP contribution in [-0.2, 0) is 4.79 Å². The van der Waals surface area contributed by atoms with Crippen molar-refractivity contribution in [3.05, 3.63) is 22.7 Å². The van der Waals surface area contributed by atoms with Crippen molar-refractivity contribution >= 4 is 23.2 Å². The molecule has 1 aliphatic heterocycles. The zero-order valence-corrected chi connectivity index (χ0v) is 13.4. The van der Waals surface area contributed by atoms with E-state index in [0.29, 0.717) is 17.7 Å². The number of aliphatic hydroxyl groups is 1. The number of halogens is 1. The van der Waals surface area contributed by atoms with E-state index in [1.807, 2.05) is 6.92 Å². The molecular weight excluding hydrogens is 308 g/mol. The highest BCUT2D eigenvalue weighted by Gasteiger charge is 2.26. The first-order valence-corrected chi connectivity index (χ1v) is 7.30. The predicted molar refractivity (Wildman–Crippen MR) is 83.4 cm³/mol. The van der Waals surface area contributed by atoms with E-state index >= 15 is 0 Å². The number of phenolic OH excluding ortho intramolecular Hbond substituents is 1. The second-order valence-corrected chi connectivity index (χ2v) is 6.39. The van der Waals surface area contributed by atoms with E-state index in [0.717, 1.165) is 0 Å². The van der Waals surface area contributed by atoms with Crippen molar-refractivity contribution in [2.75, 3.05) is 6.61 Å². The van der Waals surface area contributed by atoms with Gasteiger partial charge >= 0.3 is 0 Å². The van der Waals surface area contributed by atoms with Crippen LogP contribution in [0.2, 0.25) is 5.02 Å². The molecule has 0 fully saturated rings. The number of hydrazone groups is 1. The van der Waals surface area contributed by atoms with Gasteiger partial charge in [0, 0.05) is 17.9 Å². The summed E-state index contributed by atoms with van der Waals surface area (Å²) in [7, 11) is 0. The number of rotatable bonds is 4. The summed E-state index contributed by atoms with van der Waals surface area (Å²) in [4.78, 5) is 11.3. The second-order valence-electron chi connectivity index (χ2n) is 6.01. The fourth-order valence-corrected chi connectivity index (χ4v) is 2.32. The van der Waals surface area contributed by atoms with Gasteiger partial charge in [-0.05, 0) is 26.0 Å². The zero-order chi connectivity index (χ0) is 16.5. The summed E-state index contributed by atoms with van der Waals surface area (Å²) in [5.74, 6) is -0.166. The molecule has 0 spiro atoms. The molecule has 1 aromatic rings. The Bertz CT molecular complexity index is 623. The summed E-state index contributed by atoms with van der Waals surface area (Å²) >= 11 is 6.12. The monoisotopic (exact) mass is 326 g/mol. The molecule has 0 aromatic heterocycles. The molecule has 120 valence electrons. The summed E-state index contributed by atoms with van der Waals surface area (Å²) in [5.41, 5.74) is 2.40. The van der Waals surface area contributed by atoms with Crippen LogP contribution in [0.5, 0.6) is 11.5 Å². The number of nitrogens with zero attached hydrogens (tertiary/aromatic N) is 1. The van der Waals surface area contributed by atoms with Crippen molar-refractivity contribution in [2.45, 2.75) is 32.8 Å². The highest BCUT2D eigenvalue weighted by molar-refractivity contribution is 6.34. The average molecular weight is 327 g/mol. The Hall–Kier alpha value is -1.79. The van der Waals surface area contributed by atoms with E-state index in [1.165, 1.54) is 0 Å². The molecule has 0 saturated heterocycles. The average Bonchev–Trinajstić information content (AvgIpc) is 2.40. The summed E-state index contributed by atoms with van der Waals surface area (Å²) in [6.07, 6.45) is 0.298. The molecule has 6 nitrogen and oxygen atoms in total. The standard InChI is InChI=1S/C15H19ClN2O4/c1-8-6-11(19)17-18-13(8)9-4-5-10(12(16)14(9)20)22-7-15(2,3)21/h4-5,8,20-21H,6-7H2,1-3H3,(H,17,19). The largest absolute Gasteiger partial charge is 0.506 e. The maximum atomic E-state index is 11.3. The maximum Gasteiger partial charge on any atom is 0.240 e. The molecule has 0 radical (unpaired) electrons. The fourth-order valence-electron chi connectivity index (χ4n) is 2.10. The first kappa shape index (κ1) is 16.6. The Morgan fingerprint density at radius 2 is 2.18 bits per heavy atom. The first-order chi connectivity index (χ1) is 10.2. The van der Waals surface area contributed by atoms with E-state index in [9.17, 15) is 15.0 Å². The van der Waals surface area contributed by atoms with Crippen LogP contribution in [0, 0.1) is 5.92 Å². The lowest BCUT2D eigenvalue weighted by atomic mass is 9.93. The van der Waals surface area contributed by atoms with E-state index in [4.69, 9.17) is 16.3 Å². The summed E-state index contributed by atoms with van der Waals surface area (Å²) in [6, 6.07) is 3.24. The van der Waals surface area contributed by atoms with Gasteiger partial charge in [-0.3, -0.25) is 4.79 Å². The van der Waals surface area contributed by atoms with E-state index in [2.05, 4.69) is 10.5 Å². The molecule has 1 heterocycles. The number of hydrogen-bond acceptors (Lipinski definition) is 5. The normalized spacial score (nSPS) is 18.7. The molecule has 3 N–H and O–H groups in total. The van der Waals surface area contributed by atoms with Gasteiger partial charge in [-0.1, -0.05) is 18.5 Å². The number of benzene rings is 1. The van der Waals surface area contributed by atoms with Crippen LogP contribution in [0.1, 0.15) is 32.8 Å². The van der Waals surface area contributed by atoms with Gasteiger partial charge in [-0.2, -0.15) is 5.10 Å². The molecule has 1 aromatic carbocycles. The minimum atomic E-state index is -1.01. The van der Waals surface area contributed by atoms with Crippen molar-refractivity contribution < 1.29 is 19.7 Å². The van der Waals surface area contributed by atoms with Crippen molar-refractivity contribution in [3.8, 4) is 11.5 Å². The molecule has 0 bridgehead atoms. The molecular formula is C15H19ClN2O4. The topological polar surface area (TPSA) is 91.2 Å². The first-order valence-electron chi connectivity index (χ1n) is 6.92. The van der Waals surface area contributed by atoms with Crippen molar-refractivity contribution in [1.29, 1.82) is 0 Å². The van der Waals surface area contributed by atoms with Gasteiger partial charge in [-0.25, -0.2) is 5.43 Å². The molecule has 0 saturated carbocycles. The van der Waals surface area contributed by atoms with Crippen LogP contribution < -0.4 is 10.2 Å². The molecule has 1 atom stereocenters. The molecule has 2 rings (SSSR count). The Labute approximate surface area is 133 Å². The third-order valence-electron chi connectivity index (χ3n) is 3.20. The maximum absolute atomic E-state index is 11.3. The molecule has 1 amide bonds. The number of nitrogens with one attached hydrogen (secondary N) is 1. The second kappa shape index (κ2) is 6.14. The minimum absolute atomic E-state index is 0.0406. The SMILES string of the molecule is CC1CC(=O)NN=C1c1ccc(OCC(C)(C)O)c(Cl)c1O. The van der Waals surface area contributed by atoms with Crippen LogP contribution >= 0.6 is 11.6 Å². The lowest BCUT2D eigenvalue weighted by molar-refractivity contribution is -0.121. The smallest absolute Gasteiger partial charge is 0.240 e. The number of ether oxygens (including phenoxy) is 1. The summed E-state index contributed by atoms with van der Waals surface area (Å²) in [5, 5.41) is 24.0. The molecule has 7 heteroatoms. The van der Waals surface area contributed by atoms with Gasteiger partial charge in [0.1, 0.15) is 23.1 Å². The summed E-state index contributed by atoms with van der Waals surface area (Å²) < 4.78 is 5.42. The number of hydrogen-bond donors (Lipinski definition) is 3. The number of amides is 1. The Balaban J connectivity index is 2.29. The lowest BCUT2D eigenvalue weighted by Crippen LogP contribution is -2.32. The zero-order valence-electron chi connectivity index (χ0n) is 12.7. The number of aromatic hydroxyl groups is 1. The van der Waals surface area contributed by atoms with E-state index in [-0.39, 0.29) is 35.0 Å². The predicted octanol–water partition coefficient (Wildman–Crippen LogP) is 2.06. The van der Waals surface area contributed by atoms with Gasteiger partial charge in [-0.15, -0.1) is 0 Å². The molecule has 22 heavy (non-hydrogen) atoms. The van der Waals surface area contributed by atoms with Gasteiger partial charge < -0.3 is 14.9 Å². The van der Waals surface area contributed by atoms with Crippen LogP contribution in [0.3, 0.4) is 0 Å². The Morgan fingerprint density at radius 3 is 2.77 bits per heavy atom. The van der Waals surface area contributed by atoms with E-state index < -0.39 is 5.60 Å². The highest BCUT2D eigenvalue weighted by Crippen LogP contribution is 2.38. The van der Waals surface area contributed by atoms with E-state index in [1.54, 1.807) is 26.0 Å². The molecule has 1 unspecified atom stereocenters. The Kier molecular flexibility index (Phi) is 4.63. The molecule has 1 aliphatic rings. The number of phenols is 1. The number of carbonyl (C=O) groups excluding carboxylic acids is 1. The lowest BCUT2D eigenvalue weighted by Gasteiger charge is -2.22. The number of carbonyl (C=O) groups is 1. The van der Waals surface area contributed by atoms with Crippen molar-refractivity contribution in [3.63, 3.8) is 0 Å². The Morgan fingerprint density at radius 1 is 1.50 bits per heavy atom. The third kappa shape index (κ3) is 3.69. The van der Waals surface area contributed by atoms with Gasteiger partial charge in [0.25, 0.3) is 0 Å². The minimum Gasteiger partial charge on any atom is -0.506 e. The summed E-state index contributed by atoms with van der Waals surface area (Å²) in [6.45, 7) is 5.11. The molecule has 0 aliphatic carbocycles. The van der Waals surface area contributed by atoms with Crippen molar-refractivity contribution in [1.82, 2.24) is 5.43 Å². The highest BCUT2D eigenvalue weighted by atomic mass is 35.5.